The standard InChI is InChI=1S/C27H30F3N3O2.CH2O3/c1-18-7-9-19(10-8-18)15-25(34)32-13-11-22-23-6-3-12-31-26(23)33(24(22)17-32)16-20-4-2-5-21(14-20)35-27(28,29)30;2-1(3)4/h2-6,12,14,18-19H,7-11,13,15-17H2,1H3;(H2,2,3,4)/t18-,19+;. The van der Waals surface area contributed by atoms with Crippen molar-refractivity contribution < 1.29 is 37.7 Å². The third kappa shape index (κ3) is 7.42. The molecule has 0 atom stereocenters. The van der Waals surface area contributed by atoms with Crippen molar-refractivity contribution in [3.05, 3.63) is 59.4 Å². The zero-order chi connectivity index (χ0) is 28.2. The van der Waals surface area contributed by atoms with Gasteiger partial charge in [-0.1, -0.05) is 31.9 Å². The van der Waals surface area contributed by atoms with E-state index in [1.807, 2.05) is 21.6 Å². The summed E-state index contributed by atoms with van der Waals surface area (Å²) in [6.07, 6.45) is 1.11. The highest BCUT2D eigenvalue weighted by atomic mass is 19.4. The molecule has 2 N–H and O–H groups in total. The first-order chi connectivity index (χ1) is 18.5. The smallest absolute Gasteiger partial charge is 0.450 e. The Balaban J connectivity index is 0.000000826. The maximum absolute atomic E-state index is 13.2. The molecule has 0 bridgehead atoms. The number of fused-ring (bicyclic) bond motifs is 3. The van der Waals surface area contributed by atoms with Crippen LogP contribution in [-0.4, -0.2) is 49.6 Å². The monoisotopic (exact) mass is 547 g/mol. The van der Waals surface area contributed by atoms with Crippen molar-refractivity contribution in [3.63, 3.8) is 0 Å². The van der Waals surface area contributed by atoms with Gasteiger partial charge in [-0.2, -0.15) is 0 Å². The molecule has 2 aromatic heterocycles. The number of carboxylic acid groups (broad SMARTS) is 2. The number of hydrogen-bond donors (Lipinski definition) is 2. The summed E-state index contributed by atoms with van der Waals surface area (Å²) in [6, 6.07) is 9.96. The van der Waals surface area contributed by atoms with Gasteiger partial charge in [-0.3, -0.25) is 4.79 Å². The number of halogens is 3. The molecule has 5 rings (SSSR count). The molecule has 0 unspecified atom stereocenters. The van der Waals surface area contributed by atoms with Crippen molar-refractivity contribution in [2.75, 3.05) is 6.54 Å². The predicted octanol–water partition coefficient (Wildman–Crippen LogP) is 6.31. The SMILES string of the molecule is C[C@H]1CC[C@@H](CC(=O)N2CCc3c(n(Cc4cccc(OC(F)(F)F)c4)c4ncccc34)C2)CC1.O=C(O)O. The molecular weight excluding hydrogens is 515 g/mol. The van der Waals surface area contributed by atoms with Gasteiger partial charge in [-0.15, -0.1) is 13.2 Å². The van der Waals surface area contributed by atoms with Crippen LogP contribution in [0.1, 0.15) is 55.8 Å². The summed E-state index contributed by atoms with van der Waals surface area (Å²) in [4.78, 5) is 28.3. The molecule has 1 aliphatic heterocycles. The number of benzene rings is 1. The van der Waals surface area contributed by atoms with Gasteiger partial charge in [0, 0.05) is 36.8 Å². The number of alkyl halides is 3. The number of pyridine rings is 1. The second-order valence-corrected chi connectivity index (χ2v) is 10.3. The summed E-state index contributed by atoms with van der Waals surface area (Å²) in [5.74, 6) is 1.17. The van der Waals surface area contributed by atoms with Gasteiger partial charge >= 0.3 is 12.5 Å². The molecule has 1 saturated carbocycles. The molecule has 0 saturated heterocycles. The summed E-state index contributed by atoms with van der Waals surface area (Å²) >= 11 is 0. The second kappa shape index (κ2) is 12.0. The quantitative estimate of drug-likeness (QED) is 0.388. The van der Waals surface area contributed by atoms with E-state index in [0.717, 1.165) is 41.9 Å². The number of hydrogen-bond acceptors (Lipinski definition) is 4. The topological polar surface area (TPSA) is 105 Å². The van der Waals surface area contributed by atoms with Gasteiger partial charge in [0.25, 0.3) is 0 Å². The van der Waals surface area contributed by atoms with Gasteiger partial charge in [-0.05, 0) is 66.5 Å². The largest absolute Gasteiger partial charge is 0.573 e. The Bertz CT molecular complexity index is 1310. The lowest BCUT2D eigenvalue weighted by atomic mass is 9.81. The number of aromatic nitrogens is 2. The van der Waals surface area contributed by atoms with Crippen molar-refractivity contribution in [2.45, 2.75) is 64.9 Å². The van der Waals surface area contributed by atoms with Crippen LogP contribution >= 0.6 is 0 Å². The molecular formula is C28H32F3N3O5. The van der Waals surface area contributed by atoms with Gasteiger partial charge < -0.3 is 24.4 Å². The second-order valence-electron chi connectivity index (χ2n) is 10.3. The number of carbonyl (C=O) groups is 2. The molecule has 3 aromatic rings. The van der Waals surface area contributed by atoms with Crippen LogP contribution in [0.2, 0.25) is 0 Å². The normalized spacial score (nSPS) is 19.1. The number of carbonyl (C=O) groups excluding carboxylic acids is 1. The Morgan fingerprint density at radius 1 is 1.10 bits per heavy atom. The zero-order valence-corrected chi connectivity index (χ0v) is 21.7. The van der Waals surface area contributed by atoms with Crippen LogP contribution in [-0.2, 0) is 24.3 Å². The lowest BCUT2D eigenvalue weighted by Crippen LogP contribution is -2.37. The third-order valence-electron chi connectivity index (χ3n) is 7.44. The van der Waals surface area contributed by atoms with Crippen LogP contribution in [0, 0.1) is 11.8 Å². The molecule has 2 aliphatic rings. The van der Waals surface area contributed by atoms with Gasteiger partial charge in [0.1, 0.15) is 11.4 Å². The summed E-state index contributed by atoms with van der Waals surface area (Å²) in [6.45, 7) is 3.80. The van der Waals surface area contributed by atoms with Crippen molar-refractivity contribution in [1.29, 1.82) is 0 Å². The highest BCUT2D eigenvalue weighted by molar-refractivity contribution is 5.84. The van der Waals surface area contributed by atoms with E-state index in [4.69, 9.17) is 15.0 Å². The third-order valence-corrected chi connectivity index (χ3v) is 7.44. The molecule has 1 aliphatic carbocycles. The first kappa shape index (κ1) is 28.3. The van der Waals surface area contributed by atoms with E-state index >= 15 is 0 Å². The van der Waals surface area contributed by atoms with Crippen LogP contribution in [0.5, 0.6) is 5.75 Å². The fourth-order valence-electron chi connectivity index (χ4n) is 5.58. The minimum absolute atomic E-state index is 0.195. The van der Waals surface area contributed by atoms with Crippen molar-refractivity contribution in [2.24, 2.45) is 11.8 Å². The van der Waals surface area contributed by atoms with Gasteiger partial charge in [0.2, 0.25) is 5.91 Å². The average molecular weight is 548 g/mol. The van der Waals surface area contributed by atoms with E-state index in [-0.39, 0.29) is 11.7 Å². The van der Waals surface area contributed by atoms with E-state index in [1.165, 1.54) is 30.5 Å². The van der Waals surface area contributed by atoms with E-state index in [1.54, 1.807) is 18.3 Å². The highest BCUT2D eigenvalue weighted by Gasteiger charge is 2.32. The molecule has 1 amide bonds. The Morgan fingerprint density at radius 2 is 1.82 bits per heavy atom. The first-order valence-electron chi connectivity index (χ1n) is 13.0. The molecule has 1 aromatic carbocycles. The molecule has 210 valence electrons. The predicted molar refractivity (Wildman–Crippen MR) is 137 cm³/mol. The van der Waals surface area contributed by atoms with E-state index < -0.39 is 12.5 Å². The van der Waals surface area contributed by atoms with Crippen LogP contribution in [0.25, 0.3) is 11.0 Å². The van der Waals surface area contributed by atoms with E-state index in [0.29, 0.717) is 37.5 Å². The van der Waals surface area contributed by atoms with Crippen molar-refractivity contribution in [3.8, 4) is 5.75 Å². The summed E-state index contributed by atoms with van der Waals surface area (Å²) in [5, 5.41) is 15.0. The summed E-state index contributed by atoms with van der Waals surface area (Å²) in [5.41, 5.74) is 3.65. The maximum atomic E-state index is 13.2. The lowest BCUT2D eigenvalue weighted by Gasteiger charge is -2.31. The van der Waals surface area contributed by atoms with Crippen LogP contribution < -0.4 is 4.74 Å². The minimum Gasteiger partial charge on any atom is -0.450 e. The Kier molecular flexibility index (Phi) is 8.66. The van der Waals surface area contributed by atoms with Crippen LogP contribution in [0.3, 0.4) is 0 Å². The minimum atomic E-state index is -4.74. The average Bonchev–Trinajstić information content (AvgIpc) is 3.17. The molecule has 39 heavy (non-hydrogen) atoms. The maximum Gasteiger partial charge on any atom is 0.573 e. The summed E-state index contributed by atoms with van der Waals surface area (Å²) in [7, 11) is 0. The summed E-state index contributed by atoms with van der Waals surface area (Å²) < 4.78 is 44.3. The Morgan fingerprint density at radius 3 is 2.51 bits per heavy atom. The van der Waals surface area contributed by atoms with Crippen molar-refractivity contribution in [1.82, 2.24) is 14.5 Å². The number of amides is 1. The van der Waals surface area contributed by atoms with Crippen molar-refractivity contribution >= 4 is 23.1 Å². The molecule has 0 radical (unpaired) electrons. The molecule has 3 heterocycles. The Hall–Kier alpha value is -3.76. The first-order valence-corrected chi connectivity index (χ1v) is 13.0. The van der Waals surface area contributed by atoms with E-state index in [9.17, 15) is 18.0 Å². The fraction of sp³-hybridized carbons (Fsp3) is 0.464. The van der Waals surface area contributed by atoms with Gasteiger partial charge in [0.15, 0.2) is 0 Å². The van der Waals surface area contributed by atoms with Gasteiger partial charge in [0.05, 0.1) is 6.54 Å². The lowest BCUT2D eigenvalue weighted by molar-refractivity contribution is -0.274. The van der Waals surface area contributed by atoms with E-state index in [2.05, 4.69) is 16.6 Å². The van der Waals surface area contributed by atoms with Crippen LogP contribution in [0.4, 0.5) is 18.0 Å². The molecule has 0 spiro atoms. The van der Waals surface area contributed by atoms with Crippen LogP contribution in [0.15, 0.2) is 42.6 Å². The fourth-order valence-corrected chi connectivity index (χ4v) is 5.58. The molecule has 1 fully saturated rings. The molecule has 11 heteroatoms. The Labute approximate surface area is 224 Å². The zero-order valence-electron chi connectivity index (χ0n) is 21.7. The number of rotatable bonds is 5. The number of nitrogens with zero attached hydrogens (tertiary/aromatic N) is 3. The number of ether oxygens (including phenoxy) is 1. The van der Waals surface area contributed by atoms with Gasteiger partial charge in [-0.25, -0.2) is 9.78 Å². The highest BCUT2D eigenvalue weighted by Crippen LogP contribution is 2.34. The molecule has 8 nitrogen and oxygen atoms in total.